The van der Waals surface area contributed by atoms with E-state index in [0.29, 0.717) is 0 Å². The predicted molar refractivity (Wildman–Crippen MR) is 46.2 cm³/mol. The van der Waals surface area contributed by atoms with Crippen molar-refractivity contribution in [2.45, 2.75) is 0 Å². The molecule has 2 rings (SSSR count). The van der Waals surface area contributed by atoms with E-state index in [1.807, 2.05) is 22.9 Å². The summed E-state index contributed by atoms with van der Waals surface area (Å²) in [7, 11) is 0. The molecule has 4 heteroatoms. The molecular formula is C7H7N3S. The molecule has 0 atom stereocenters. The number of nitrogens with one attached hydrogen (secondary N) is 2. The third kappa shape index (κ3) is 1.40. The smallest absolute Gasteiger partial charge is 0.152 e. The zero-order valence-corrected chi connectivity index (χ0v) is 6.56. The molecule has 0 aliphatic rings. The molecule has 2 heterocycles. The average Bonchev–Trinajstić information content (AvgIpc) is 2.60. The highest BCUT2D eigenvalue weighted by Gasteiger charge is 1.93. The van der Waals surface area contributed by atoms with Gasteiger partial charge in [-0.25, -0.2) is 0 Å². The summed E-state index contributed by atoms with van der Waals surface area (Å²) in [5, 5.41) is 13.9. The number of hydrogen-bond acceptors (Lipinski definition) is 3. The second-order valence-electron chi connectivity index (χ2n) is 2.10. The minimum absolute atomic E-state index is 0.850. The quantitative estimate of drug-likeness (QED) is 0.716. The van der Waals surface area contributed by atoms with Crippen molar-refractivity contribution in [2.75, 3.05) is 5.32 Å². The number of H-pyrrole nitrogens is 1. The fourth-order valence-electron chi connectivity index (χ4n) is 0.813. The molecule has 0 radical (unpaired) electrons. The lowest BCUT2D eigenvalue weighted by Crippen LogP contribution is -1.86. The molecule has 0 spiro atoms. The van der Waals surface area contributed by atoms with Gasteiger partial charge in [-0.05, 0) is 11.4 Å². The van der Waals surface area contributed by atoms with E-state index < -0.39 is 0 Å². The van der Waals surface area contributed by atoms with Crippen molar-refractivity contribution < 1.29 is 0 Å². The topological polar surface area (TPSA) is 40.7 Å². The van der Waals surface area contributed by atoms with E-state index in [1.54, 1.807) is 17.5 Å². The Morgan fingerprint density at radius 3 is 3.09 bits per heavy atom. The van der Waals surface area contributed by atoms with Gasteiger partial charge in [0.25, 0.3) is 0 Å². The molecule has 0 fully saturated rings. The van der Waals surface area contributed by atoms with Gasteiger partial charge >= 0.3 is 0 Å². The largest absolute Gasteiger partial charge is 0.338 e. The highest BCUT2D eigenvalue weighted by Crippen LogP contribution is 2.16. The van der Waals surface area contributed by atoms with Crippen molar-refractivity contribution in [1.82, 2.24) is 10.2 Å². The van der Waals surface area contributed by atoms with Crippen LogP contribution in [0.5, 0.6) is 0 Å². The van der Waals surface area contributed by atoms with Crippen molar-refractivity contribution >= 4 is 22.8 Å². The first-order valence-corrected chi connectivity index (χ1v) is 4.18. The minimum Gasteiger partial charge on any atom is -0.338 e. The maximum absolute atomic E-state index is 3.96. The molecule has 3 nitrogen and oxygen atoms in total. The van der Waals surface area contributed by atoms with Crippen LogP contribution in [0.25, 0.3) is 0 Å². The van der Waals surface area contributed by atoms with Crippen LogP contribution in [-0.2, 0) is 0 Å². The number of anilines is 2. The number of hydrogen-bond donors (Lipinski definition) is 2. The summed E-state index contributed by atoms with van der Waals surface area (Å²) in [4.78, 5) is 0. The zero-order chi connectivity index (χ0) is 7.52. The first kappa shape index (κ1) is 6.42. The Hall–Kier alpha value is -1.29. The van der Waals surface area contributed by atoms with E-state index in [0.717, 1.165) is 11.5 Å². The van der Waals surface area contributed by atoms with Crippen molar-refractivity contribution in [3.05, 3.63) is 29.1 Å². The minimum atomic E-state index is 0.850. The van der Waals surface area contributed by atoms with E-state index in [9.17, 15) is 0 Å². The Bertz CT molecular complexity index is 266. The van der Waals surface area contributed by atoms with Crippen LogP contribution in [0.1, 0.15) is 0 Å². The summed E-state index contributed by atoms with van der Waals surface area (Å²) in [6.45, 7) is 0. The van der Waals surface area contributed by atoms with Crippen molar-refractivity contribution in [3.63, 3.8) is 0 Å². The highest BCUT2D eigenvalue weighted by molar-refractivity contribution is 7.08. The molecule has 0 saturated heterocycles. The molecule has 0 bridgehead atoms. The molecule has 0 amide bonds. The summed E-state index contributed by atoms with van der Waals surface area (Å²) in [5.74, 6) is 0.850. The van der Waals surface area contributed by atoms with Gasteiger partial charge in [0.15, 0.2) is 5.82 Å². The van der Waals surface area contributed by atoms with Crippen molar-refractivity contribution in [3.8, 4) is 0 Å². The lowest BCUT2D eigenvalue weighted by molar-refractivity contribution is 1.09. The maximum atomic E-state index is 3.96. The number of rotatable bonds is 2. The number of aromatic amines is 1. The predicted octanol–water partition coefficient (Wildman–Crippen LogP) is 2.21. The number of nitrogens with zero attached hydrogens (tertiary/aromatic N) is 1. The fourth-order valence-corrected chi connectivity index (χ4v) is 1.40. The number of thiophene rings is 1. The first-order chi connectivity index (χ1) is 5.45. The fraction of sp³-hybridized carbons (Fsp3) is 0. The normalized spacial score (nSPS) is 9.82. The van der Waals surface area contributed by atoms with Crippen molar-refractivity contribution in [2.24, 2.45) is 0 Å². The van der Waals surface area contributed by atoms with Crippen LogP contribution in [0.15, 0.2) is 29.1 Å². The molecule has 2 aromatic rings. The summed E-state index contributed by atoms with van der Waals surface area (Å²) >= 11 is 1.66. The van der Waals surface area contributed by atoms with Crippen molar-refractivity contribution in [1.29, 1.82) is 0 Å². The summed E-state index contributed by atoms with van der Waals surface area (Å²) in [6.07, 6.45) is 1.79. The molecule has 0 unspecified atom stereocenters. The molecule has 0 aromatic carbocycles. The summed E-state index contributed by atoms with van der Waals surface area (Å²) in [6, 6.07) is 3.90. The van der Waals surface area contributed by atoms with Crippen LogP contribution >= 0.6 is 11.3 Å². The van der Waals surface area contributed by atoms with Gasteiger partial charge in [0.2, 0.25) is 0 Å². The lowest BCUT2D eigenvalue weighted by atomic mass is 10.5. The molecule has 56 valence electrons. The molecule has 11 heavy (non-hydrogen) atoms. The van der Waals surface area contributed by atoms with Gasteiger partial charge < -0.3 is 5.32 Å². The summed E-state index contributed by atoms with van der Waals surface area (Å²) < 4.78 is 0. The third-order valence-corrected chi connectivity index (χ3v) is 1.98. The zero-order valence-electron chi connectivity index (χ0n) is 5.74. The molecule has 0 saturated carbocycles. The van der Waals surface area contributed by atoms with Gasteiger partial charge in [-0.2, -0.15) is 16.4 Å². The van der Waals surface area contributed by atoms with Gasteiger partial charge in [0.05, 0.1) is 5.69 Å². The van der Waals surface area contributed by atoms with E-state index in [4.69, 9.17) is 0 Å². The standard InChI is InChI=1S/C7H7N3S/c1-3-8-10-7(1)9-6-2-4-11-5-6/h1-5H,(H2,8,9,10). The van der Waals surface area contributed by atoms with Crippen LogP contribution in [0.2, 0.25) is 0 Å². The lowest BCUT2D eigenvalue weighted by Gasteiger charge is -1.95. The molecule has 0 aliphatic heterocycles. The van der Waals surface area contributed by atoms with Gasteiger partial charge in [-0.15, -0.1) is 0 Å². The van der Waals surface area contributed by atoms with Crippen LogP contribution < -0.4 is 5.32 Å². The molecule has 0 aliphatic carbocycles. The Kier molecular flexibility index (Phi) is 1.61. The molecule has 2 aromatic heterocycles. The van der Waals surface area contributed by atoms with E-state index in [1.165, 1.54) is 0 Å². The molecule has 2 N–H and O–H groups in total. The highest BCUT2D eigenvalue weighted by atomic mass is 32.1. The van der Waals surface area contributed by atoms with E-state index >= 15 is 0 Å². The third-order valence-electron chi connectivity index (χ3n) is 1.29. The Balaban J connectivity index is 2.14. The van der Waals surface area contributed by atoms with Gasteiger partial charge in [-0.3, -0.25) is 5.10 Å². The van der Waals surface area contributed by atoms with E-state index in [2.05, 4.69) is 15.5 Å². The van der Waals surface area contributed by atoms with Crippen LogP contribution in [0.4, 0.5) is 11.5 Å². The number of aromatic nitrogens is 2. The van der Waals surface area contributed by atoms with Gasteiger partial charge in [0.1, 0.15) is 0 Å². The second-order valence-corrected chi connectivity index (χ2v) is 2.88. The monoisotopic (exact) mass is 165 g/mol. The SMILES string of the molecule is c1cc(Nc2ccsc2)n[nH]1. The van der Waals surface area contributed by atoms with Crippen LogP contribution in [0.3, 0.4) is 0 Å². The summed E-state index contributed by atoms with van der Waals surface area (Å²) in [5.41, 5.74) is 1.09. The van der Waals surface area contributed by atoms with Gasteiger partial charge in [0, 0.05) is 17.6 Å². The average molecular weight is 165 g/mol. The van der Waals surface area contributed by atoms with Crippen LogP contribution in [-0.4, -0.2) is 10.2 Å². The maximum Gasteiger partial charge on any atom is 0.152 e. The Morgan fingerprint density at radius 2 is 2.45 bits per heavy atom. The molecular weight excluding hydrogens is 158 g/mol. The van der Waals surface area contributed by atoms with Crippen LogP contribution in [0, 0.1) is 0 Å². The van der Waals surface area contributed by atoms with Gasteiger partial charge in [-0.1, -0.05) is 0 Å². The Morgan fingerprint density at radius 1 is 1.45 bits per heavy atom. The second kappa shape index (κ2) is 2.75. The first-order valence-electron chi connectivity index (χ1n) is 3.24. The Labute approximate surface area is 68.1 Å². The van der Waals surface area contributed by atoms with E-state index in [-0.39, 0.29) is 0 Å².